The number of aryl methyl sites for hydroxylation is 1. The molecule has 1 heterocycles. The lowest BCUT2D eigenvalue weighted by Gasteiger charge is -2.21. The van der Waals surface area contributed by atoms with Crippen molar-refractivity contribution in [2.75, 3.05) is 18.0 Å². The third kappa shape index (κ3) is 2.18. The van der Waals surface area contributed by atoms with Crippen LogP contribution in [0.15, 0.2) is 12.1 Å². The second-order valence-electron chi connectivity index (χ2n) is 4.10. The fourth-order valence-corrected chi connectivity index (χ4v) is 1.82. The molecule has 1 aliphatic heterocycles. The van der Waals surface area contributed by atoms with E-state index in [1.165, 1.54) is 13.0 Å². The average molecular weight is 254 g/mol. The van der Waals surface area contributed by atoms with E-state index in [1.807, 2.05) is 0 Å². The van der Waals surface area contributed by atoms with Crippen LogP contribution in [0.1, 0.15) is 12.0 Å². The molecule has 0 bridgehead atoms. The van der Waals surface area contributed by atoms with Gasteiger partial charge in [-0.25, -0.2) is 8.78 Å². The Bertz CT molecular complexity index is 517. The van der Waals surface area contributed by atoms with Crippen LogP contribution in [0.4, 0.5) is 14.5 Å². The Hall–Kier alpha value is -1.98. The van der Waals surface area contributed by atoms with Gasteiger partial charge in [-0.05, 0) is 18.6 Å². The third-order valence-corrected chi connectivity index (χ3v) is 2.83. The summed E-state index contributed by atoms with van der Waals surface area (Å²) in [6, 6.07) is 2.42. The minimum absolute atomic E-state index is 0.0258. The molecule has 1 aromatic rings. The summed E-state index contributed by atoms with van der Waals surface area (Å²) < 4.78 is 27.6. The van der Waals surface area contributed by atoms with Gasteiger partial charge >= 0.3 is 0 Å². The Labute approximate surface area is 103 Å². The second kappa shape index (κ2) is 4.72. The van der Waals surface area contributed by atoms with E-state index in [-0.39, 0.29) is 36.7 Å². The molecule has 1 N–H and O–H groups in total. The number of nitrogens with zero attached hydrogens (tertiary/aromatic N) is 1. The van der Waals surface area contributed by atoms with Crippen molar-refractivity contribution in [3.05, 3.63) is 29.3 Å². The van der Waals surface area contributed by atoms with Gasteiger partial charge in [0, 0.05) is 13.0 Å². The highest BCUT2D eigenvalue weighted by Gasteiger charge is 2.26. The summed E-state index contributed by atoms with van der Waals surface area (Å²) in [4.78, 5) is 23.9. The minimum atomic E-state index is -0.805. The molecule has 1 saturated heterocycles. The summed E-state index contributed by atoms with van der Waals surface area (Å²) in [5, 5.41) is 2.37. The molecular weight excluding hydrogens is 242 g/mol. The van der Waals surface area contributed by atoms with Crippen molar-refractivity contribution in [2.24, 2.45) is 0 Å². The number of hydrogen-bond donors (Lipinski definition) is 1. The molecule has 0 spiro atoms. The fraction of sp³-hybridized carbons (Fsp3) is 0.333. The molecule has 0 aromatic heterocycles. The molecule has 1 aliphatic rings. The molecule has 18 heavy (non-hydrogen) atoms. The second-order valence-corrected chi connectivity index (χ2v) is 4.10. The third-order valence-electron chi connectivity index (χ3n) is 2.83. The highest BCUT2D eigenvalue weighted by molar-refractivity contribution is 5.99. The SMILES string of the molecule is Cc1ccc(F)c(N2CCC(=O)NCC2=O)c1F. The first kappa shape index (κ1) is 12.5. The van der Waals surface area contributed by atoms with E-state index < -0.39 is 17.5 Å². The van der Waals surface area contributed by atoms with Crippen molar-refractivity contribution >= 4 is 17.5 Å². The number of benzene rings is 1. The van der Waals surface area contributed by atoms with Crippen molar-refractivity contribution in [1.82, 2.24) is 5.32 Å². The van der Waals surface area contributed by atoms with E-state index in [4.69, 9.17) is 0 Å². The topological polar surface area (TPSA) is 49.4 Å². The van der Waals surface area contributed by atoms with E-state index in [1.54, 1.807) is 0 Å². The van der Waals surface area contributed by atoms with E-state index in [9.17, 15) is 18.4 Å². The lowest BCUT2D eigenvalue weighted by atomic mass is 10.1. The highest BCUT2D eigenvalue weighted by atomic mass is 19.1. The summed E-state index contributed by atoms with van der Waals surface area (Å²) in [7, 11) is 0. The summed E-state index contributed by atoms with van der Waals surface area (Å²) >= 11 is 0. The molecule has 0 atom stereocenters. The van der Waals surface area contributed by atoms with Crippen LogP contribution in [0.2, 0.25) is 0 Å². The summed E-state index contributed by atoms with van der Waals surface area (Å²) in [5.41, 5.74) is -0.126. The predicted molar refractivity (Wildman–Crippen MR) is 61.1 cm³/mol. The van der Waals surface area contributed by atoms with E-state index in [0.717, 1.165) is 11.0 Å². The maximum Gasteiger partial charge on any atom is 0.246 e. The monoisotopic (exact) mass is 254 g/mol. The van der Waals surface area contributed by atoms with Crippen LogP contribution in [0, 0.1) is 18.6 Å². The molecule has 0 unspecified atom stereocenters. The van der Waals surface area contributed by atoms with Crippen LogP contribution >= 0.6 is 0 Å². The van der Waals surface area contributed by atoms with E-state index >= 15 is 0 Å². The van der Waals surface area contributed by atoms with Gasteiger partial charge in [-0.15, -0.1) is 0 Å². The zero-order chi connectivity index (χ0) is 13.3. The average Bonchev–Trinajstić information content (AvgIpc) is 2.49. The molecule has 0 radical (unpaired) electrons. The quantitative estimate of drug-likeness (QED) is 0.816. The zero-order valence-corrected chi connectivity index (χ0v) is 9.80. The number of hydrogen-bond acceptors (Lipinski definition) is 2. The van der Waals surface area contributed by atoms with Gasteiger partial charge in [-0.1, -0.05) is 6.07 Å². The first-order valence-electron chi connectivity index (χ1n) is 5.52. The smallest absolute Gasteiger partial charge is 0.246 e. The minimum Gasteiger partial charge on any atom is -0.347 e. The number of carbonyl (C=O) groups is 2. The van der Waals surface area contributed by atoms with Crippen LogP contribution in [0.3, 0.4) is 0 Å². The number of amides is 2. The lowest BCUT2D eigenvalue weighted by molar-refractivity contribution is -0.123. The molecule has 1 fully saturated rings. The van der Waals surface area contributed by atoms with Crippen LogP contribution in [0.25, 0.3) is 0 Å². The maximum absolute atomic E-state index is 13.9. The van der Waals surface area contributed by atoms with Crippen LogP contribution in [-0.4, -0.2) is 24.9 Å². The lowest BCUT2D eigenvalue weighted by Crippen LogP contribution is -2.36. The van der Waals surface area contributed by atoms with Gasteiger partial charge in [0.1, 0.15) is 11.5 Å². The summed E-state index contributed by atoms with van der Waals surface area (Å²) in [6.45, 7) is 1.22. The fourth-order valence-electron chi connectivity index (χ4n) is 1.82. The van der Waals surface area contributed by atoms with Crippen molar-refractivity contribution in [3.8, 4) is 0 Å². The molecule has 2 amide bonds. The summed E-state index contributed by atoms with van der Waals surface area (Å²) in [5.74, 6) is -2.40. The predicted octanol–water partition coefficient (Wildman–Crippen LogP) is 1.13. The Morgan fingerprint density at radius 2 is 2.00 bits per heavy atom. The molecule has 0 aliphatic carbocycles. The van der Waals surface area contributed by atoms with Gasteiger partial charge in [0.25, 0.3) is 0 Å². The molecule has 2 rings (SSSR count). The Morgan fingerprint density at radius 1 is 1.28 bits per heavy atom. The van der Waals surface area contributed by atoms with Crippen molar-refractivity contribution in [1.29, 1.82) is 0 Å². The first-order chi connectivity index (χ1) is 8.50. The molecule has 96 valence electrons. The van der Waals surface area contributed by atoms with Crippen molar-refractivity contribution < 1.29 is 18.4 Å². The van der Waals surface area contributed by atoms with Gasteiger partial charge in [0.15, 0.2) is 5.82 Å². The number of anilines is 1. The standard InChI is InChI=1S/C12H12F2N2O2/c1-7-2-3-8(13)12(11(7)14)16-5-4-9(17)15-6-10(16)18/h2-3H,4-6H2,1H3,(H,15,17). The molecule has 0 saturated carbocycles. The van der Waals surface area contributed by atoms with E-state index in [2.05, 4.69) is 5.32 Å². The van der Waals surface area contributed by atoms with Crippen LogP contribution in [0.5, 0.6) is 0 Å². The van der Waals surface area contributed by atoms with E-state index in [0.29, 0.717) is 0 Å². The number of nitrogens with one attached hydrogen (secondary N) is 1. The molecule has 6 heteroatoms. The van der Waals surface area contributed by atoms with Crippen LogP contribution < -0.4 is 10.2 Å². The Kier molecular flexibility index (Phi) is 3.27. The summed E-state index contributed by atoms with van der Waals surface area (Å²) in [6.07, 6.45) is 0.0264. The number of halogens is 2. The van der Waals surface area contributed by atoms with Crippen LogP contribution in [-0.2, 0) is 9.59 Å². The first-order valence-corrected chi connectivity index (χ1v) is 5.52. The highest BCUT2D eigenvalue weighted by Crippen LogP contribution is 2.26. The van der Waals surface area contributed by atoms with Gasteiger partial charge in [0.2, 0.25) is 11.8 Å². The molecular formula is C12H12F2N2O2. The molecule has 1 aromatic carbocycles. The van der Waals surface area contributed by atoms with Crippen molar-refractivity contribution in [3.63, 3.8) is 0 Å². The Balaban J connectivity index is 2.44. The van der Waals surface area contributed by atoms with Crippen molar-refractivity contribution in [2.45, 2.75) is 13.3 Å². The normalized spacial score (nSPS) is 16.5. The number of rotatable bonds is 1. The maximum atomic E-state index is 13.9. The van der Waals surface area contributed by atoms with Gasteiger partial charge in [0.05, 0.1) is 6.54 Å². The molecule has 4 nitrogen and oxygen atoms in total. The number of carbonyl (C=O) groups excluding carboxylic acids is 2. The van der Waals surface area contributed by atoms with Gasteiger partial charge in [-0.2, -0.15) is 0 Å². The largest absolute Gasteiger partial charge is 0.347 e. The zero-order valence-electron chi connectivity index (χ0n) is 9.80. The van der Waals surface area contributed by atoms with Gasteiger partial charge < -0.3 is 10.2 Å². The Morgan fingerprint density at radius 3 is 2.72 bits per heavy atom. The van der Waals surface area contributed by atoms with Gasteiger partial charge in [-0.3, -0.25) is 9.59 Å².